The number of hydrogen-bond acceptors (Lipinski definition) is 3. The molecule has 0 bridgehead atoms. The van der Waals surface area contributed by atoms with Gasteiger partial charge >= 0.3 is 0 Å². The summed E-state index contributed by atoms with van der Waals surface area (Å²) in [5.41, 5.74) is 6.83. The molecule has 0 fully saturated rings. The van der Waals surface area contributed by atoms with Crippen molar-refractivity contribution in [3.8, 4) is 17.2 Å². The number of ether oxygens (including phenoxy) is 1. The molecule has 4 nitrogen and oxygen atoms in total. The summed E-state index contributed by atoms with van der Waals surface area (Å²) in [5, 5.41) is 9.68. The molecule has 4 aromatic rings. The average molecular weight is 430 g/mol. The zero-order chi connectivity index (χ0) is 20.9. The van der Waals surface area contributed by atoms with Crippen LogP contribution in [-0.4, -0.2) is 9.55 Å². The standard InChI is InChI=1S/C26H23N3O.ClH/c1-19-8-6-7-11-23(19)24-14-21(12-13-22(24)15-27)26(25-16-28-18-29(25)2)30-17-20-9-4-3-5-10-20;/h3-14,16,18,26H,17H2,1-2H3;1H. The predicted molar refractivity (Wildman–Crippen MR) is 125 cm³/mol. The number of imidazole rings is 1. The van der Waals surface area contributed by atoms with Crippen LogP contribution < -0.4 is 0 Å². The number of nitrogens with zero attached hydrogens (tertiary/aromatic N) is 3. The maximum Gasteiger partial charge on any atom is 0.124 e. The minimum absolute atomic E-state index is 0. The molecule has 0 N–H and O–H groups in total. The largest absolute Gasteiger partial charge is 0.363 e. The second-order valence-corrected chi connectivity index (χ2v) is 7.34. The van der Waals surface area contributed by atoms with Gasteiger partial charge in [-0.15, -0.1) is 12.4 Å². The van der Waals surface area contributed by atoms with E-state index in [-0.39, 0.29) is 18.5 Å². The van der Waals surface area contributed by atoms with Crippen molar-refractivity contribution in [3.63, 3.8) is 0 Å². The van der Waals surface area contributed by atoms with Gasteiger partial charge in [-0.05, 0) is 41.3 Å². The first-order valence-corrected chi connectivity index (χ1v) is 9.89. The molecule has 1 aromatic heterocycles. The van der Waals surface area contributed by atoms with Crippen molar-refractivity contribution < 1.29 is 4.74 Å². The zero-order valence-electron chi connectivity index (χ0n) is 17.5. The molecule has 4 rings (SSSR count). The van der Waals surface area contributed by atoms with E-state index in [1.807, 2.05) is 60.3 Å². The topological polar surface area (TPSA) is 50.8 Å². The van der Waals surface area contributed by atoms with Gasteiger partial charge in [-0.3, -0.25) is 0 Å². The van der Waals surface area contributed by atoms with Gasteiger partial charge < -0.3 is 9.30 Å². The van der Waals surface area contributed by atoms with Gasteiger partial charge in [-0.25, -0.2) is 4.98 Å². The maximum atomic E-state index is 9.68. The van der Waals surface area contributed by atoms with Gasteiger partial charge in [0.1, 0.15) is 6.10 Å². The first-order chi connectivity index (χ1) is 14.7. The first-order valence-electron chi connectivity index (χ1n) is 9.89. The summed E-state index contributed by atoms with van der Waals surface area (Å²) in [6.07, 6.45) is 3.31. The van der Waals surface area contributed by atoms with Crippen molar-refractivity contribution in [3.05, 3.63) is 113 Å². The fourth-order valence-corrected chi connectivity index (χ4v) is 3.65. The lowest BCUT2D eigenvalue weighted by Crippen LogP contribution is -2.11. The van der Waals surface area contributed by atoms with Crippen molar-refractivity contribution in [2.45, 2.75) is 19.6 Å². The fraction of sp³-hybridized carbons (Fsp3) is 0.154. The molecule has 0 saturated heterocycles. The summed E-state index contributed by atoms with van der Waals surface area (Å²) in [6, 6.07) is 26.5. The van der Waals surface area contributed by atoms with E-state index in [2.05, 4.69) is 48.3 Å². The lowest BCUT2D eigenvalue weighted by Gasteiger charge is -2.20. The smallest absolute Gasteiger partial charge is 0.124 e. The van der Waals surface area contributed by atoms with Gasteiger partial charge in [0.25, 0.3) is 0 Å². The number of halogens is 1. The van der Waals surface area contributed by atoms with Crippen molar-refractivity contribution in [1.29, 1.82) is 5.26 Å². The SMILES string of the molecule is Cc1ccccc1-c1cc(C(OCc2ccccc2)c2cncn2C)ccc1C#N.Cl. The Bertz CT molecular complexity index is 1190. The Morgan fingerprint density at radius 1 is 1.00 bits per heavy atom. The number of aromatic nitrogens is 2. The van der Waals surface area contributed by atoms with Crippen molar-refractivity contribution in [2.75, 3.05) is 0 Å². The normalized spacial score (nSPS) is 11.4. The lowest BCUT2D eigenvalue weighted by molar-refractivity contribution is 0.0622. The van der Waals surface area contributed by atoms with E-state index in [1.165, 1.54) is 0 Å². The fourth-order valence-electron chi connectivity index (χ4n) is 3.65. The van der Waals surface area contributed by atoms with Crippen molar-refractivity contribution in [2.24, 2.45) is 7.05 Å². The Balaban J connectivity index is 0.00000272. The van der Waals surface area contributed by atoms with Crippen LogP contribution >= 0.6 is 12.4 Å². The van der Waals surface area contributed by atoms with E-state index >= 15 is 0 Å². The highest BCUT2D eigenvalue weighted by Gasteiger charge is 2.20. The molecule has 0 aliphatic carbocycles. The molecule has 3 aromatic carbocycles. The van der Waals surface area contributed by atoms with Crippen LogP contribution in [0.1, 0.15) is 34.1 Å². The minimum Gasteiger partial charge on any atom is -0.363 e. The molecule has 1 atom stereocenters. The lowest BCUT2D eigenvalue weighted by atomic mass is 9.93. The van der Waals surface area contributed by atoms with Crippen molar-refractivity contribution in [1.82, 2.24) is 9.55 Å². The second kappa shape index (κ2) is 10.1. The van der Waals surface area contributed by atoms with Crippen LogP contribution in [0.5, 0.6) is 0 Å². The van der Waals surface area contributed by atoms with Crippen molar-refractivity contribution >= 4 is 12.4 Å². The first kappa shape index (κ1) is 22.3. The van der Waals surface area contributed by atoms with Gasteiger partial charge in [0.05, 0.1) is 36.5 Å². The third-order valence-corrected chi connectivity index (χ3v) is 5.28. The Hall–Kier alpha value is -3.39. The quantitative estimate of drug-likeness (QED) is 0.378. The number of benzene rings is 3. The van der Waals surface area contributed by atoms with Crippen LogP contribution in [0.15, 0.2) is 85.3 Å². The van der Waals surface area contributed by atoms with Crippen LogP contribution in [0.25, 0.3) is 11.1 Å². The van der Waals surface area contributed by atoms with E-state index in [1.54, 1.807) is 6.33 Å². The molecule has 156 valence electrons. The van der Waals surface area contributed by atoms with Crippen LogP contribution in [0.4, 0.5) is 0 Å². The Labute approximate surface area is 189 Å². The van der Waals surface area contributed by atoms with Crippen LogP contribution in [-0.2, 0) is 18.4 Å². The van der Waals surface area contributed by atoms with Crippen LogP contribution in [0.2, 0.25) is 0 Å². The van der Waals surface area contributed by atoms with Gasteiger partial charge in [0, 0.05) is 12.6 Å². The molecule has 0 spiro atoms. The molecule has 0 aliphatic rings. The third kappa shape index (κ3) is 4.86. The average Bonchev–Trinajstić information content (AvgIpc) is 3.20. The summed E-state index contributed by atoms with van der Waals surface area (Å²) in [7, 11) is 1.97. The molecule has 0 saturated carbocycles. The summed E-state index contributed by atoms with van der Waals surface area (Å²) >= 11 is 0. The van der Waals surface area contributed by atoms with Crippen LogP contribution in [0, 0.1) is 18.3 Å². The molecule has 0 radical (unpaired) electrons. The van der Waals surface area contributed by atoms with Gasteiger partial charge in [0.15, 0.2) is 0 Å². The number of rotatable bonds is 6. The molecular weight excluding hydrogens is 406 g/mol. The monoisotopic (exact) mass is 429 g/mol. The predicted octanol–water partition coefficient (Wildman–Crippen LogP) is 6.00. The molecule has 1 heterocycles. The van der Waals surface area contributed by atoms with E-state index in [0.717, 1.165) is 33.5 Å². The Morgan fingerprint density at radius 2 is 1.74 bits per heavy atom. The minimum atomic E-state index is -0.298. The highest BCUT2D eigenvalue weighted by Crippen LogP contribution is 2.33. The van der Waals surface area contributed by atoms with E-state index in [9.17, 15) is 5.26 Å². The summed E-state index contributed by atoms with van der Waals surface area (Å²) in [5.74, 6) is 0. The molecule has 31 heavy (non-hydrogen) atoms. The maximum absolute atomic E-state index is 9.68. The van der Waals surface area contributed by atoms with E-state index < -0.39 is 0 Å². The molecular formula is C26H24ClN3O. The number of aryl methyl sites for hydroxylation is 2. The van der Waals surface area contributed by atoms with Gasteiger partial charge in [-0.1, -0.05) is 60.7 Å². The molecule has 1 unspecified atom stereocenters. The highest BCUT2D eigenvalue weighted by atomic mass is 35.5. The van der Waals surface area contributed by atoms with Crippen LogP contribution in [0.3, 0.4) is 0 Å². The van der Waals surface area contributed by atoms with E-state index in [4.69, 9.17) is 4.74 Å². The summed E-state index contributed by atoms with van der Waals surface area (Å²) in [4.78, 5) is 4.28. The summed E-state index contributed by atoms with van der Waals surface area (Å²) < 4.78 is 8.36. The molecule has 0 amide bonds. The number of nitriles is 1. The molecule has 0 aliphatic heterocycles. The van der Waals surface area contributed by atoms with Gasteiger partial charge in [-0.2, -0.15) is 5.26 Å². The summed E-state index contributed by atoms with van der Waals surface area (Å²) in [6.45, 7) is 2.55. The Morgan fingerprint density at radius 3 is 2.42 bits per heavy atom. The highest BCUT2D eigenvalue weighted by molar-refractivity contribution is 5.85. The zero-order valence-corrected chi connectivity index (χ0v) is 18.3. The molecule has 5 heteroatoms. The number of hydrogen-bond donors (Lipinski definition) is 0. The van der Waals surface area contributed by atoms with Gasteiger partial charge in [0.2, 0.25) is 0 Å². The van der Waals surface area contributed by atoms with E-state index in [0.29, 0.717) is 12.2 Å². The Kier molecular flexibility index (Phi) is 7.25. The second-order valence-electron chi connectivity index (χ2n) is 7.34. The third-order valence-electron chi connectivity index (χ3n) is 5.28.